The van der Waals surface area contributed by atoms with E-state index in [0.29, 0.717) is 11.1 Å². The summed E-state index contributed by atoms with van der Waals surface area (Å²) in [6, 6.07) is 15.1. The lowest BCUT2D eigenvalue weighted by Crippen LogP contribution is -2.26. The Bertz CT molecular complexity index is 718. The third-order valence-electron chi connectivity index (χ3n) is 3.13. The largest absolute Gasteiger partial charge is 0.345 e. The molecule has 2 aromatic carbocycles. The van der Waals surface area contributed by atoms with Crippen molar-refractivity contribution in [1.82, 2.24) is 9.97 Å². The maximum absolute atomic E-state index is 12.5. The molecule has 0 aliphatic carbocycles. The van der Waals surface area contributed by atoms with Crippen LogP contribution in [0.25, 0.3) is 11.0 Å². The van der Waals surface area contributed by atoms with Crippen molar-refractivity contribution in [2.24, 2.45) is 0 Å². The lowest BCUT2D eigenvalue weighted by Gasteiger charge is -2.17. The molecule has 0 fully saturated rings. The Morgan fingerprint density at radius 2 is 1.89 bits per heavy atom. The Labute approximate surface area is 110 Å². The van der Waals surface area contributed by atoms with E-state index in [-0.39, 0.29) is 5.91 Å². The number of hydrogen-bond donors (Lipinski definition) is 1. The van der Waals surface area contributed by atoms with Crippen LogP contribution in [-0.2, 0) is 0 Å². The summed E-state index contributed by atoms with van der Waals surface area (Å²) in [6.07, 6.45) is 1.60. The zero-order valence-electron chi connectivity index (χ0n) is 10.5. The van der Waals surface area contributed by atoms with Gasteiger partial charge in [-0.2, -0.15) is 0 Å². The smallest absolute Gasteiger partial charge is 0.260 e. The van der Waals surface area contributed by atoms with Gasteiger partial charge >= 0.3 is 0 Å². The first-order chi connectivity index (χ1) is 9.27. The molecule has 19 heavy (non-hydrogen) atoms. The van der Waals surface area contributed by atoms with Crippen LogP contribution in [0, 0.1) is 0 Å². The number of imidazole rings is 1. The maximum atomic E-state index is 12.5. The molecule has 0 saturated heterocycles. The molecule has 0 radical (unpaired) electrons. The normalized spacial score (nSPS) is 10.6. The van der Waals surface area contributed by atoms with Gasteiger partial charge in [0.15, 0.2) is 0 Å². The van der Waals surface area contributed by atoms with Gasteiger partial charge in [-0.1, -0.05) is 24.3 Å². The second kappa shape index (κ2) is 4.57. The number of carbonyl (C=O) groups excluding carboxylic acids is 1. The maximum Gasteiger partial charge on any atom is 0.260 e. The lowest BCUT2D eigenvalue weighted by atomic mass is 10.1. The van der Waals surface area contributed by atoms with E-state index in [1.165, 1.54) is 0 Å². The van der Waals surface area contributed by atoms with Crippen molar-refractivity contribution in [2.45, 2.75) is 0 Å². The number of carbonyl (C=O) groups is 1. The fourth-order valence-electron chi connectivity index (χ4n) is 2.09. The predicted octanol–water partition coefficient (Wildman–Crippen LogP) is 2.84. The second-order valence-electron chi connectivity index (χ2n) is 4.30. The van der Waals surface area contributed by atoms with Crippen molar-refractivity contribution in [2.75, 3.05) is 11.9 Å². The number of nitrogens with one attached hydrogen (secondary N) is 1. The third-order valence-corrected chi connectivity index (χ3v) is 3.13. The molecule has 1 N–H and O–H groups in total. The van der Waals surface area contributed by atoms with Gasteiger partial charge in [0, 0.05) is 12.7 Å². The average Bonchev–Trinajstić information content (AvgIpc) is 2.95. The van der Waals surface area contributed by atoms with Crippen molar-refractivity contribution >= 4 is 22.6 Å². The van der Waals surface area contributed by atoms with Crippen molar-refractivity contribution in [3.8, 4) is 0 Å². The summed E-state index contributed by atoms with van der Waals surface area (Å²) in [5.74, 6) is -0.0658. The van der Waals surface area contributed by atoms with E-state index in [4.69, 9.17) is 0 Å². The van der Waals surface area contributed by atoms with E-state index in [0.717, 1.165) is 11.2 Å². The van der Waals surface area contributed by atoms with Crippen LogP contribution in [0.4, 0.5) is 5.69 Å². The van der Waals surface area contributed by atoms with Crippen LogP contribution >= 0.6 is 0 Å². The zero-order chi connectivity index (χ0) is 13.2. The fourth-order valence-corrected chi connectivity index (χ4v) is 2.09. The molecular weight excluding hydrogens is 238 g/mol. The highest BCUT2D eigenvalue weighted by atomic mass is 16.2. The first-order valence-corrected chi connectivity index (χ1v) is 6.02. The number of fused-ring (bicyclic) bond motifs is 1. The highest BCUT2D eigenvalue weighted by Crippen LogP contribution is 2.19. The molecule has 0 atom stereocenters. The van der Waals surface area contributed by atoms with E-state index in [1.54, 1.807) is 24.3 Å². The molecule has 0 unspecified atom stereocenters. The summed E-state index contributed by atoms with van der Waals surface area (Å²) in [5.41, 5.74) is 3.03. The number of nitrogens with zero attached hydrogens (tertiary/aromatic N) is 2. The van der Waals surface area contributed by atoms with Gasteiger partial charge in [0.05, 0.1) is 17.4 Å². The van der Waals surface area contributed by atoms with E-state index >= 15 is 0 Å². The second-order valence-corrected chi connectivity index (χ2v) is 4.30. The minimum Gasteiger partial charge on any atom is -0.345 e. The number of hydrogen-bond acceptors (Lipinski definition) is 2. The van der Waals surface area contributed by atoms with E-state index in [9.17, 15) is 4.79 Å². The summed E-state index contributed by atoms with van der Waals surface area (Å²) in [4.78, 5) is 21.4. The van der Waals surface area contributed by atoms with Crippen molar-refractivity contribution in [1.29, 1.82) is 0 Å². The number of aromatic amines is 1. The van der Waals surface area contributed by atoms with Gasteiger partial charge in [0.25, 0.3) is 5.91 Å². The molecule has 1 heterocycles. The van der Waals surface area contributed by atoms with Crippen LogP contribution in [0.5, 0.6) is 0 Å². The molecule has 94 valence electrons. The Hall–Kier alpha value is -2.62. The minimum atomic E-state index is -0.0658. The molecule has 0 saturated carbocycles. The highest BCUT2D eigenvalue weighted by Gasteiger charge is 2.16. The van der Waals surface area contributed by atoms with Crippen LogP contribution in [0.1, 0.15) is 10.4 Å². The highest BCUT2D eigenvalue weighted by molar-refractivity contribution is 6.12. The monoisotopic (exact) mass is 251 g/mol. The van der Waals surface area contributed by atoms with Gasteiger partial charge in [-0.05, 0) is 24.3 Å². The van der Waals surface area contributed by atoms with Crippen LogP contribution in [-0.4, -0.2) is 22.9 Å². The summed E-state index contributed by atoms with van der Waals surface area (Å²) in [7, 11) is 1.77. The van der Waals surface area contributed by atoms with Gasteiger partial charge in [0.1, 0.15) is 5.52 Å². The predicted molar refractivity (Wildman–Crippen MR) is 75.3 cm³/mol. The van der Waals surface area contributed by atoms with Crippen molar-refractivity contribution < 1.29 is 4.79 Å². The standard InChI is InChI=1S/C15H13N3O/c1-18(11-6-3-2-4-7-11)15(19)12-8-5-9-13-14(12)17-10-16-13/h2-10H,1H3,(H,16,17). The number of rotatable bonds is 2. The van der Waals surface area contributed by atoms with E-state index in [1.807, 2.05) is 42.5 Å². The number of H-pyrrole nitrogens is 1. The summed E-state index contributed by atoms with van der Waals surface area (Å²) >= 11 is 0. The molecule has 4 heteroatoms. The first kappa shape index (κ1) is 11.5. The van der Waals surface area contributed by atoms with Crippen molar-refractivity contribution in [3.63, 3.8) is 0 Å². The van der Waals surface area contributed by atoms with Crippen LogP contribution in [0.3, 0.4) is 0 Å². The number of para-hydroxylation sites is 2. The summed E-state index contributed by atoms with van der Waals surface area (Å²) < 4.78 is 0. The van der Waals surface area contributed by atoms with Gasteiger partial charge in [-0.3, -0.25) is 4.79 Å². The number of amides is 1. The average molecular weight is 251 g/mol. The fraction of sp³-hybridized carbons (Fsp3) is 0.0667. The minimum absolute atomic E-state index is 0.0658. The molecule has 3 aromatic rings. The Balaban J connectivity index is 2.02. The molecule has 1 amide bonds. The molecule has 4 nitrogen and oxygen atoms in total. The Morgan fingerprint density at radius 3 is 2.68 bits per heavy atom. The Morgan fingerprint density at radius 1 is 1.11 bits per heavy atom. The molecule has 0 spiro atoms. The third kappa shape index (κ3) is 1.97. The molecular formula is C15H13N3O. The zero-order valence-corrected chi connectivity index (χ0v) is 10.5. The van der Waals surface area contributed by atoms with Crippen LogP contribution in [0.2, 0.25) is 0 Å². The van der Waals surface area contributed by atoms with E-state index < -0.39 is 0 Å². The SMILES string of the molecule is CN(C(=O)c1cccc2[nH]cnc12)c1ccccc1. The van der Waals surface area contributed by atoms with Crippen LogP contribution in [0.15, 0.2) is 54.9 Å². The molecule has 1 aromatic heterocycles. The quantitative estimate of drug-likeness (QED) is 0.761. The molecule has 0 aliphatic rings. The first-order valence-electron chi connectivity index (χ1n) is 6.02. The van der Waals surface area contributed by atoms with Crippen LogP contribution < -0.4 is 4.90 Å². The molecule has 0 aliphatic heterocycles. The van der Waals surface area contributed by atoms with Gasteiger partial charge in [0.2, 0.25) is 0 Å². The molecule has 3 rings (SSSR count). The van der Waals surface area contributed by atoms with Gasteiger partial charge in [-0.25, -0.2) is 4.98 Å². The lowest BCUT2D eigenvalue weighted by molar-refractivity contribution is 0.0994. The van der Waals surface area contributed by atoms with Gasteiger partial charge < -0.3 is 9.88 Å². The number of aromatic nitrogens is 2. The van der Waals surface area contributed by atoms with E-state index in [2.05, 4.69) is 9.97 Å². The Kier molecular flexibility index (Phi) is 2.76. The topological polar surface area (TPSA) is 49.0 Å². The van der Waals surface area contributed by atoms with Crippen molar-refractivity contribution in [3.05, 3.63) is 60.4 Å². The number of benzene rings is 2. The summed E-state index contributed by atoms with van der Waals surface area (Å²) in [5, 5.41) is 0. The summed E-state index contributed by atoms with van der Waals surface area (Å²) in [6.45, 7) is 0. The molecule has 0 bridgehead atoms. The van der Waals surface area contributed by atoms with Gasteiger partial charge in [-0.15, -0.1) is 0 Å². The number of anilines is 1.